The number of aryl methyl sites for hydroxylation is 1. The van der Waals surface area contributed by atoms with Crippen molar-refractivity contribution in [1.29, 1.82) is 0 Å². The molecule has 3 rings (SSSR count). The summed E-state index contributed by atoms with van der Waals surface area (Å²) in [5.41, 5.74) is 3.31. The Bertz CT molecular complexity index is 785. The zero-order valence-corrected chi connectivity index (χ0v) is 12.6. The van der Waals surface area contributed by atoms with Gasteiger partial charge in [-0.25, -0.2) is 5.43 Å². The van der Waals surface area contributed by atoms with Crippen LogP contribution in [0, 0.1) is 6.92 Å². The molecule has 2 aromatic rings. The maximum Gasteiger partial charge on any atom is 0.274 e. The first-order valence-electron chi connectivity index (χ1n) is 6.87. The molecule has 0 aliphatic carbocycles. The molecule has 1 aromatic heterocycles. The quantitative estimate of drug-likeness (QED) is 0.630. The zero-order chi connectivity index (χ0) is 16.2. The summed E-state index contributed by atoms with van der Waals surface area (Å²) in [5, 5.41) is 11.5. The average molecular weight is 317 g/mol. The Morgan fingerprint density at radius 1 is 1.35 bits per heavy atom. The molecule has 9 nitrogen and oxygen atoms in total. The third-order valence-corrected chi connectivity index (χ3v) is 3.09. The molecule has 2 N–H and O–H groups in total. The van der Waals surface area contributed by atoms with Gasteiger partial charge in [-0.1, -0.05) is 0 Å². The standard InChI is InChI=1S/C14H15N5O4/c1-8-13(20)16-14(19-17-8)18-15-7-9-5-10(21-2)12-11(6-9)22-3-4-23-12/h5-7H,3-4H2,1-2H3,(H2,16,18,19,20)/b15-7-. The number of hydrazone groups is 1. The second-order valence-corrected chi connectivity index (χ2v) is 4.71. The van der Waals surface area contributed by atoms with Gasteiger partial charge < -0.3 is 14.2 Å². The van der Waals surface area contributed by atoms with Crippen molar-refractivity contribution in [3.63, 3.8) is 0 Å². The molecule has 0 fully saturated rings. The molecular weight excluding hydrogens is 302 g/mol. The van der Waals surface area contributed by atoms with E-state index in [0.717, 1.165) is 5.56 Å². The molecule has 9 heteroatoms. The van der Waals surface area contributed by atoms with Crippen LogP contribution in [0.25, 0.3) is 0 Å². The molecule has 0 unspecified atom stereocenters. The van der Waals surface area contributed by atoms with Crippen molar-refractivity contribution in [3.8, 4) is 17.2 Å². The number of fused-ring (bicyclic) bond motifs is 1. The van der Waals surface area contributed by atoms with Gasteiger partial charge in [0.1, 0.15) is 18.9 Å². The van der Waals surface area contributed by atoms with Crippen molar-refractivity contribution in [3.05, 3.63) is 33.7 Å². The van der Waals surface area contributed by atoms with Gasteiger partial charge in [0.15, 0.2) is 11.5 Å². The van der Waals surface area contributed by atoms with Crippen LogP contribution < -0.4 is 25.2 Å². The van der Waals surface area contributed by atoms with E-state index in [2.05, 4.69) is 25.7 Å². The minimum absolute atomic E-state index is 0.154. The van der Waals surface area contributed by atoms with Gasteiger partial charge in [-0.2, -0.15) is 5.10 Å². The summed E-state index contributed by atoms with van der Waals surface area (Å²) in [6.45, 7) is 2.54. The first-order chi connectivity index (χ1) is 11.2. The molecule has 2 heterocycles. The molecular formula is C14H15N5O4. The second kappa shape index (κ2) is 6.34. The number of nitrogens with one attached hydrogen (secondary N) is 2. The fourth-order valence-corrected chi connectivity index (χ4v) is 1.98. The number of methoxy groups -OCH3 is 1. The summed E-state index contributed by atoms with van der Waals surface area (Å²) >= 11 is 0. The lowest BCUT2D eigenvalue weighted by Crippen LogP contribution is -2.16. The van der Waals surface area contributed by atoms with Gasteiger partial charge in [-0.15, -0.1) is 10.2 Å². The van der Waals surface area contributed by atoms with Crippen molar-refractivity contribution in [2.45, 2.75) is 6.92 Å². The number of aromatic amines is 1. The van der Waals surface area contributed by atoms with Crippen LogP contribution in [0.4, 0.5) is 5.95 Å². The molecule has 1 aliphatic heterocycles. The van der Waals surface area contributed by atoms with Crippen LogP contribution in [0.5, 0.6) is 17.2 Å². The third-order valence-electron chi connectivity index (χ3n) is 3.09. The number of anilines is 1. The fourth-order valence-electron chi connectivity index (χ4n) is 1.98. The molecule has 0 amide bonds. The van der Waals surface area contributed by atoms with Crippen LogP contribution in [0.2, 0.25) is 0 Å². The molecule has 23 heavy (non-hydrogen) atoms. The first kappa shape index (κ1) is 14.8. The van der Waals surface area contributed by atoms with Gasteiger partial charge in [-0.3, -0.25) is 9.78 Å². The maximum atomic E-state index is 11.4. The lowest BCUT2D eigenvalue weighted by atomic mass is 10.2. The van der Waals surface area contributed by atoms with E-state index in [0.29, 0.717) is 30.5 Å². The Hall–Kier alpha value is -3.10. The zero-order valence-electron chi connectivity index (χ0n) is 12.6. The highest BCUT2D eigenvalue weighted by Crippen LogP contribution is 2.39. The number of hydrogen-bond donors (Lipinski definition) is 2. The van der Waals surface area contributed by atoms with Gasteiger partial charge >= 0.3 is 0 Å². The van der Waals surface area contributed by atoms with Crippen molar-refractivity contribution < 1.29 is 14.2 Å². The normalized spacial score (nSPS) is 13.1. The largest absolute Gasteiger partial charge is 0.493 e. The Morgan fingerprint density at radius 3 is 2.96 bits per heavy atom. The van der Waals surface area contributed by atoms with Crippen molar-refractivity contribution in [2.75, 3.05) is 25.7 Å². The molecule has 0 radical (unpaired) electrons. The van der Waals surface area contributed by atoms with E-state index in [9.17, 15) is 4.79 Å². The monoisotopic (exact) mass is 317 g/mol. The van der Waals surface area contributed by atoms with Gasteiger partial charge in [-0.05, 0) is 19.1 Å². The van der Waals surface area contributed by atoms with E-state index >= 15 is 0 Å². The Labute approximate surface area is 131 Å². The SMILES string of the molecule is COc1cc(/C=N\Nc2nnc(C)c(=O)[nH]2)cc2c1OCCO2. The number of nitrogens with zero attached hydrogens (tertiary/aromatic N) is 3. The Kier molecular flexibility index (Phi) is 4.09. The third kappa shape index (κ3) is 3.23. The van der Waals surface area contributed by atoms with Crippen molar-refractivity contribution >= 4 is 12.2 Å². The Morgan fingerprint density at radius 2 is 2.17 bits per heavy atom. The first-order valence-corrected chi connectivity index (χ1v) is 6.87. The molecule has 0 atom stereocenters. The number of H-pyrrole nitrogens is 1. The van der Waals surface area contributed by atoms with Gasteiger partial charge in [0, 0.05) is 5.56 Å². The number of benzene rings is 1. The molecule has 1 aliphatic rings. The topological polar surface area (TPSA) is 111 Å². The average Bonchev–Trinajstić information content (AvgIpc) is 2.57. The van der Waals surface area contributed by atoms with Crippen LogP contribution in [-0.4, -0.2) is 41.7 Å². The summed E-state index contributed by atoms with van der Waals surface area (Å²) in [6, 6.07) is 3.55. The highest BCUT2D eigenvalue weighted by atomic mass is 16.6. The van der Waals surface area contributed by atoms with E-state index in [4.69, 9.17) is 14.2 Å². The van der Waals surface area contributed by atoms with Gasteiger partial charge in [0.05, 0.1) is 13.3 Å². The summed E-state index contributed by atoms with van der Waals surface area (Å²) in [7, 11) is 1.55. The minimum atomic E-state index is -0.321. The molecule has 1 aromatic carbocycles. The molecule has 0 saturated heterocycles. The number of hydrogen-bond acceptors (Lipinski definition) is 8. The fraction of sp³-hybridized carbons (Fsp3) is 0.286. The predicted molar refractivity (Wildman–Crippen MR) is 82.6 cm³/mol. The highest BCUT2D eigenvalue weighted by molar-refractivity contribution is 5.82. The summed E-state index contributed by atoms with van der Waals surface area (Å²) in [5.74, 6) is 1.90. The predicted octanol–water partition coefficient (Wildman–Crippen LogP) is 0.699. The van der Waals surface area contributed by atoms with E-state index in [1.54, 1.807) is 32.4 Å². The van der Waals surface area contributed by atoms with Crippen LogP contribution in [0.1, 0.15) is 11.3 Å². The van der Waals surface area contributed by atoms with E-state index in [1.165, 1.54) is 0 Å². The van der Waals surface area contributed by atoms with E-state index in [-0.39, 0.29) is 17.2 Å². The van der Waals surface area contributed by atoms with Crippen LogP contribution in [0.3, 0.4) is 0 Å². The number of ether oxygens (including phenoxy) is 3. The summed E-state index contributed by atoms with van der Waals surface area (Å²) in [6.07, 6.45) is 1.54. The molecule has 120 valence electrons. The Balaban J connectivity index is 1.79. The summed E-state index contributed by atoms with van der Waals surface area (Å²) in [4.78, 5) is 13.9. The second-order valence-electron chi connectivity index (χ2n) is 4.71. The maximum absolute atomic E-state index is 11.4. The van der Waals surface area contributed by atoms with Crippen LogP contribution >= 0.6 is 0 Å². The van der Waals surface area contributed by atoms with Crippen LogP contribution in [-0.2, 0) is 0 Å². The number of aromatic nitrogens is 3. The summed E-state index contributed by atoms with van der Waals surface area (Å²) < 4.78 is 16.4. The molecule has 0 spiro atoms. The van der Waals surface area contributed by atoms with E-state index in [1.807, 2.05) is 0 Å². The lowest BCUT2D eigenvalue weighted by molar-refractivity contribution is 0.165. The molecule has 0 bridgehead atoms. The number of rotatable bonds is 4. The van der Waals surface area contributed by atoms with Crippen LogP contribution in [0.15, 0.2) is 22.0 Å². The van der Waals surface area contributed by atoms with Crippen molar-refractivity contribution in [2.24, 2.45) is 5.10 Å². The lowest BCUT2D eigenvalue weighted by Gasteiger charge is -2.20. The smallest absolute Gasteiger partial charge is 0.274 e. The molecule has 0 saturated carbocycles. The highest BCUT2D eigenvalue weighted by Gasteiger charge is 2.17. The van der Waals surface area contributed by atoms with Gasteiger partial charge in [0.2, 0.25) is 11.7 Å². The minimum Gasteiger partial charge on any atom is -0.493 e. The van der Waals surface area contributed by atoms with Gasteiger partial charge in [0.25, 0.3) is 5.56 Å². The van der Waals surface area contributed by atoms with E-state index < -0.39 is 0 Å². The van der Waals surface area contributed by atoms with Crippen molar-refractivity contribution in [1.82, 2.24) is 15.2 Å².